The van der Waals surface area contributed by atoms with Gasteiger partial charge in [-0.15, -0.1) is 0 Å². The summed E-state index contributed by atoms with van der Waals surface area (Å²) in [6.45, 7) is 4.16. The van der Waals surface area contributed by atoms with Crippen molar-refractivity contribution in [2.24, 2.45) is 0 Å². The molecule has 0 amide bonds. The highest BCUT2D eigenvalue weighted by molar-refractivity contribution is 5.89. The van der Waals surface area contributed by atoms with E-state index in [1.165, 1.54) is 12.1 Å². The molecule has 1 N–H and O–H groups in total. The molecular weight excluding hydrogens is 433 g/mol. The molecular formula is C27H18F5N. The molecule has 0 spiro atoms. The van der Waals surface area contributed by atoms with Crippen LogP contribution < -0.4 is 5.32 Å². The highest BCUT2D eigenvalue weighted by Gasteiger charge is 2.37. The molecule has 1 nitrogen and oxygen atoms in total. The number of hydrogen-bond acceptors (Lipinski definition) is 1. The normalized spacial score (nSPS) is 13.5. The number of para-hydroxylation sites is 1. The molecule has 0 heterocycles. The van der Waals surface area contributed by atoms with Crippen molar-refractivity contribution >= 4 is 11.4 Å². The van der Waals surface area contributed by atoms with E-state index < -0.39 is 34.6 Å². The minimum Gasteiger partial charge on any atom is -0.355 e. The lowest BCUT2D eigenvalue weighted by molar-refractivity contribution is 0.381. The zero-order valence-corrected chi connectivity index (χ0v) is 17.7. The highest BCUT2D eigenvalue weighted by Crippen LogP contribution is 2.52. The quantitative estimate of drug-likeness (QED) is 0.189. The maximum atomic E-state index is 14.6. The molecule has 4 aromatic rings. The average molecular weight is 451 g/mol. The van der Waals surface area contributed by atoms with E-state index in [-0.39, 0.29) is 16.7 Å². The second kappa shape index (κ2) is 7.44. The lowest BCUT2D eigenvalue weighted by atomic mass is 9.81. The zero-order valence-electron chi connectivity index (χ0n) is 17.7. The Kier molecular flexibility index (Phi) is 4.78. The Balaban J connectivity index is 1.68. The van der Waals surface area contributed by atoms with Crippen LogP contribution in [0.1, 0.15) is 25.0 Å². The summed E-state index contributed by atoms with van der Waals surface area (Å²) < 4.78 is 70.5. The van der Waals surface area contributed by atoms with Crippen molar-refractivity contribution in [3.8, 4) is 22.3 Å². The molecule has 33 heavy (non-hydrogen) atoms. The predicted molar refractivity (Wildman–Crippen MR) is 119 cm³/mol. The van der Waals surface area contributed by atoms with Crippen LogP contribution in [0, 0.1) is 29.1 Å². The van der Waals surface area contributed by atoms with E-state index in [4.69, 9.17) is 0 Å². The fraction of sp³-hybridized carbons (Fsp3) is 0.111. The van der Waals surface area contributed by atoms with Gasteiger partial charge in [-0.05, 0) is 34.4 Å². The van der Waals surface area contributed by atoms with Crippen LogP contribution in [0.3, 0.4) is 0 Å². The monoisotopic (exact) mass is 451 g/mol. The summed E-state index contributed by atoms with van der Waals surface area (Å²) in [5.74, 6) is -9.87. The highest BCUT2D eigenvalue weighted by atomic mass is 19.2. The lowest BCUT2D eigenvalue weighted by Crippen LogP contribution is -2.17. The largest absolute Gasteiger partial charge is 0.355 e. The number of rotatable bonds is 3. The van der Waals surface area contributed by atoms with Crippen molar-refractivity contribution in [1.29, 1.82) is 0 Å². The molecule has 166 valence electrons. The predicted octanol–water partition coefficient (Wildman–Crippen LogP) is 8.10. The third-order valence-electron chi connectivity index (χ3n) is 6.26. The van der Waals surface area contributed by atoms with E-state index in [0.717, 1.165) is 22.3 Å². The molecule has 0 atom stereocenters. The molecule has 0 radical (unpaired) electrons. The fourth-order valence-electron chi connectivity index (χ4n) is 4.75. The van der Waals surface area contributed by atoms with Gasteiger partial charge in [-0.2, -0.15) is 0 Å². The molecule has 6 heteroatoms. The second-order valence-electron chi connectivity index (χ2n) is 8.51. The van der Waals surface area contributed by atoms with E-state index in [0.29, 0.717) is 5.69 Å². The number of halogens is 5. The standard InChI is InChI=1S/C27H18F5N/c1-27(2)17-11-5-3-8-14(17)15-10-7-13-19(21(15)27)33-18-12-6-4-9-16(18)20-22(28)24(30)26(32)25(31)23(20)29/h3-13,33H,1-2H3. The van der Waals surface area contributed by atoms with Crippen LogP contribution in [-0.4, -0.2) is 0 Å². The van der Waals surface area contributed by atoms with Crippen LogP contribution in [0.15, 0.2) is 66.7 Å². The summed E-state index contributed by atoms with van der Waals surface area (Å²) in [5, 5.41) is 3.20. The van der Waals surface area contributed by atoms with Crippen LogP contribution in [0.5, 0.6) is 0 Å². The van der Waals surface area contributed by atoms with Gasteiger partial charge in [0.1, 0.15) is 0 Å². The van der Waals surface area contributed by atoms with E-state index in [1.807, 2.05) is 36.4 Å². The summed E-state index contributed by atoms with van der Waals surface area (Å²) in [7, 11) is 0. The SMILES string of the molecule is CC1(C)c2ccccc2-c2cccc(Nc3ccccc3-c3c(F)c(F)c(F)c(F)c3F)c21. The Morgan fingerprint density at radius 2 is 1.06 bits per heavy atom. The van der Waals surface area contributed by atoms with Crippen molar-refractivity contribution in [1.82, 2.24) is 0 Å². The molecule has 0 aliphatic heterocycles. The maximum Gasteiger partial charge on any atom is 0.200 e. The summed E-state index contributed by atoms with van der Waals surface area (Å²) >= 11 is 0. The number of nitrogens with one attached hydrogen (secondary N) is 1. The van der Waals surface area contributed by atoms with E-state index >= 15 is 0 Å². The van der Waals surface area contributed by atoms with Crippen LogP contribution in [0.4, 0.5) is 33.3 Å². The summed E-state index contributed by atoms with van der Waals surface area (Å²) in [5.41, 5.74) is 3.69. The lowest BCUT2D eigenvalue weighted by Gasteiger charge is -2.25. The maximum absolute atomic E-state index is 14.6. The van der Waals surface area contributed by atoms with E-state index in [1.54, 1.807) is 12.1 Å². The van der Waals surface area contributed by atoms with Gasteiger partial charge in [0.05, 0.1) is 5.56 Å². The first-order valence-corrected chi connectivity index (χ1v) is 10.3. The Bertz CT molecular complexity index is 1400. The zero-order chi connectivity index (χ0) is 23.5. The van der Waals surface area contributed by atoms with Crippen LogP contribution >= 0.6 is 0 Å². The third-order valence-corrected chi connectivity index (χ3v) is 6.26. The molecule has 4 aromatic carbocycles. The van der Waals surface area contributed by atoms with Gasteiger partial charge in [-0.1, -0.05) is 68.4 Å². The smallest absolute Gasteiger partial charge is 0.200 e. The molecule has 1 aliphatic carbocycles. The average Bonchev–Trinajstić information content (AvgIpc) is 3.06. The minimum absolute atomic E-state index is 0.128. The summed E-state index contributed by atoms with van der Waals surface area (Å²) in [6, 6.07) is 19.7. The van der Waals surface area contributed by atoms with Gasteiger partial charge in [0.25, 0.3) is 0 Å². The van der Waals surface area contributed by atoms with Gasteiger partial charge in [0.2, 0.25) is 5.82 Å². The van der Waals surface area contributed by atoms with Crippen molar-refractivity contribution in [3.63, 3.8) is 0 Å². The van der Waals surface area contributed by atoms with Crippen molar-refractivity contribution in [2.75, 3.05) is 5.32 Å². The summed E-state index contributed by atoms with van der Waals surface area (Å²) in [4.78, 5) is 0. The summed E-state index contributed by atoms with van der Waals surface area (Å²) in [6.07, 6.45) is 0. The third kappa shape index (κ3) is 3.04. The van der Waals surface area contributed by atoms with E-state index in [2.05, 4.69) is 25.2 Å². The second-order valence-corrected chi connectivity index (χ2v) is 8.51. The van der Waals surface area contributed by atoms with Gasteiger partial charge < -0.3 is 5.32 Å². The number of benzene rings is 4. The molecule has 0 saturated heterocycles. The molecule has 0 bridgehead atoms. The van der Waals surface area contributed by atoms with E-state index in [9.17, 15) is 22.0 Å². The molecule has 1 aliphatic rings. The number of anilines is 2. The molecule has 0 aromatic heterocycles. The Morgan fingerprint density at radius 1 is 0.545 bits per heavy atom. The number of fused-ring (bicyclic) bond motifs is 3. The number of hydrogen-bond donors (Lipinski definition) is 1. The first-order chi connectivity index (χ1) is 15.7. The van der Waals surface area contributed by atoms with Crippen LogP contribution in [0.25, 0.3) is 22.3 Å². The van der Waals surface area contributed by atoms with Crippen LogP contribution in [-0.2, 0) is 5.41 Å². The Labute approximate surface area is 187 Å². The minimum atomic E-state index is -2.18. The van der Waals surface area contributed by atoms with Gasteiger partial charge >= 0.3 is 0 Å². The first-order valence-electron chi connectivity index (χ1n) is 10.3. The molecule has 0 fully saturated rings. The Morgan fingerprint density at radius 3 is 1.76 bits per heavy atom. The molecule has 0 unspecified atom stereocenters. The van der Waals surface area contributed by atoms with Gasteiger partial charge in [-0.3, -0.25) is 0 Å². The van der Waals surface area contributed by atoms with Crippen molar-refractivity contribution in [2.45, 2.75) is 19.3 Å². The van der Waals surface area contributed by atoms with Crippen LogP contribution in [0.2, 0.25) is 0 Å². The molecule has 5 rings (SSSR count). The molecule has 0 saturated carbocycles. The fourth-order valence-corrected chi connectivity index (χ4v) is 4.75. The first kappa shape index (κ1) is 21.2. The topological polar surface area (TPSA) is 12.0 Å². The van der Waals surface area contributed by atoms with Crippen molar-refractivity contribution < 1.29 is 22.0 Å². The van der Waals surface area contributed by atoms with Gasteiger partial charge in [0, 0.05) is 22.4 Å². The Hall–Kier alpha value is -3.67. The van der Waals surface area contributed by atoms with Gasteiger partial charge in [-0.25, -0.2) is 22.0 Å². The van der Waals surface area contributed by atoms with Crippen molar-refractivity contribution in [3.05, 3.63) is 107 Å². The van der Waals surface area contributed by atoms with Gasteiger partial charge in [0.15, 0.2) is 23.3 Å².